The van der Waals surface area contributed by atoms with Crippen molar-refractivity contribution in [2.24, 2.45) is 12.5 Å². The first kappa shape index (κ1) is 19.3. The van der Waals surface area contributed by atoms with Crippen molar-refractivity contribution in [3.8, 4) is 0 Å². The van der Waals surface area contributed by atoms with Gasteiger partial charge in [-0.25, -0.2) is 8.42 Å². The number of hydrogen-bond acceptors (Lipinski definition) is 5. The quantitative estimate of drug-likeness (QED) is 0.780. The van der Waals surface area contributed by atoms with Crippen LogP contribution >= 0.6 is 0 Å². The maximum atomic E-state index is 12.7. The van der Waals surface area contributed by atoms with Gasteiger partial charge in [-0.2, -0.15) is 9.82 Å². The monoisotopic (exact) mass is 383 g/mol. The Morgan fingerprint density at radius 2 is 1.92 bits per heavy atom. The minimum Gasteiger partial charge on any atom is -0.341 e. The second-order valence-corrected chi connectivity index (χ2v) is 9.37. The van der Waals surface area contributed by atoms with Gasteiger partial charge in [-0.3, -0.25) is 9.48 Å². The second kappa shape index (κ2) is 6.94. The zero-order valence-corrected chi connectivity index (χ0v) is 16.8. The number of carbonyl (C=O) groups excluding carboxylic acids is 1. The van der Waals surface area contributed by atoms with Gasteiger partial charge in [0.15, 0.2) is 0 Å². The summed E-state index contributed by atoms with van der Waals surface area (Å²) in [5.74, 6) is -0.159. The average Bonchev–Trinajstić information content (AvgIpc) is 3.12. The zero-order chi connectivity index (χ0) is 19.1. The molecule has 0 saturated carbocycles. The summed E-state index contributed by atoms with van der Waals surface area (Å²) in [5.41, 5.74) is 1.32. The molecule has 0 aromatic carbocycles. The van der Waals surface area contributed by atoms with Crippen LogP contribution in [0.4, 0.5) is 0 Å². The summed E-state index contributed by atoms with van der Waals surface area (Å²) in [6, 6.07) is -0.797. The Balaban J connectivity index is 1.66. The van der Waals surface area contributed by atoms with Gasteiger partial charge in [-0.1, -0.05) is 0 Å². The van der Waals surface area contributed by atoms with Crippen LogP contribution < -0.4 is 10.0 Å². The number of amides is 1. The van der Waals surface area contributed by atoms with E-state index in [2.05, 4.69) is 15.1 Å². The van der Waals surface area contributed by atoms with E-state index in [0.717, 1.165) is 32.4 Å². The predicted molar refractivity (Wildman–Crippen MR) is 98.2 cm³/mol. The van der Waals surface area contributed by atoms with E-state index in [9.17, 15) is 13.2 Å². The number of carbonyl (C=O) groups is 1. The summed E-state index contributed by atoms with van der Waals surface area (Å²) in [7, 11) is -2.09. The van der Waals surface area contributed by atoms with E-state index in [1.165, 1.54) is 4.68 Å². The van der Waals surface area contributed by atoms with Gasteiger partial charge in [0.2, 0.25) is 15.9 Å². The number of likely N-dealkylation sites (tertiary alicyclic amines) is 1. The van der Waals surface area contributed by atoms with E-state index < -0.39 is 16.1 Å². The van der Waals surface area contributed by atoms with Crippen molar-refractivity contribution >= 4 is 15.9 Å². The lowest BCUT2D eigenvalue weighted by Gasteiger charge is -2.39. The minimum atomic E-state index is -3.80. The highest BCUT2D eigenvalue weighted by molar-refractivity contribution is 7.89. The van der Waals surface area contributed by atoms with Gasteiger partial charge in [-0.05, 0) is 52.0 Å². The van der Waals surface area contributed by atoms with Crippen molar-refractivity contribution < 1.29 is 13.2 Å². The molecule has 2 aliphatic heterocycles. The molecule has 0 radical (unpaired) electrons. The van der Waals surface area contributed by atoms with Gasteiger partial charge in [0, 0.05) is 26.7 Å². The Morgan fingerprint density at radius 3 is 2.42 bits per heavy atom. The molecule has 9 heteroatoms. The summed E-state index contributed by atoms with van der Waals surface area (Å²) in [6.45, 7) is 8.44. The van der Waals surface area contributed by atoms with E-state index in [0.29, 0.717) is 29.9 Å². The van der Waals surface area contributed by atoms with Crippen molar-refractivity contribution in [1.29, 1.82) is 0 Å². The SMILES string of the molecule is Cc1nn(C)c(C)c1S(=O)(=O)NC(C)C(=O)N1CCC2(CCNC2)CC1. The third-order valence-electron chi connectivity index (χ3n) is 5.88. The lowest BCUT2D eigenvalue weighted by atomic mass is 9.78. The molecule has 146 valence electrons. The highest BCUT2D eigenvalue weighted by Gasteiger charge is 2.39. The van der Waals surface area contributed by atoms with Gasteiger partial charge in [0.1, 0.15) is 4.90 Å². The number of nitrogens with one attached hydrogen (secondary N) is 2. The molecule has 2 saturated heterocycles. The first-order chi connectivity index (χ1) is 12.2. The Kier molecular flexibility index (Phi) is 5.15. The molecule has 1 atom stereocenters. The zero-order valence-electron chi connectivity index (χ0n) is 16.0. The molecule has 3 rings (SSSR count). The van der Waals surface area contributed by atoms with Gasteiger partial charge in [0.25, 0.3) is 0 Å². The van der Waals surface area contributed by atoms with E-state index in [1.807, 2.05) is 0 Å². The van der Waals surface area contributed by atoms with Crippen LogP contribution in [-0.2, 0) is 21.9 Å². The fraction of sp³-hybridized carbons (Fsp3) is 0.765. The summed E-state index contributed by atoms with van der Waals surface area (Å²) in [5, 5.41) is 7.56. The van der Waals surface area contributed by atoms with Crippen LogP contribution in [0.15, 0.2) is 4.90 Å². The summed E-state index contributed by atoms with van der Waals surface area (Å²) in [4.78, 5) is 14.7. The smallest absolute Gasteiger partial charge is 0.244 e. The number of nitrogens with zero attached hydrogens (tertiary/aromatic N) is 3. The summed E-state index contributed by atoms with van der Waals surface area (Å²) in [6.07, 6.45) is 3.12. The standard InChI is InChI=1S/C17H29N5O3S/c1-12-15(14(3)21(4)19-12)26(24,25)20-13(2)16(23)22-9-6-17(7-10-22)5-8-18-11-17/h13,18,20H,5-11H2,1-4H3. The highest BCUT2D eigenvalue weighted by atomic mass is 32.2. The third-order valence-corrected chi connectivity index (χ3v) is 7.67. The first-order valence-corrected chi connectivity index (χ1v) is 10.7. The van der Waals surface area contributed by atoms with E-state index >= 15 is 0 Å². The molecule has 1 aromatic rings. The number of aryl methyl sites for hydroxylation is 2. The molecule has 1 aromatic heterocycles. The molecule has 1 spiro atoms. The summed E-state index contributed by atoms with van der Waals surface area (Å²) < 4.78 is 29.6. The summed E-state index contributed by atoms with van der Waals surface area (Å²) >= 11 is 0. The van der Waals surface area contributed by atoms with Crippen LogP contribution in [0.5, 0.6) is 0 Å². The number of piperidine rings is 1. The number of sulfonamides is 1. The molecule has 2 fully saturated rings. The van der Waals surface area contributed by atoms with E-state index in [1.54, 1.807) is 32.7 Å². The first-order valence-electron chi connectivity index (χ1n) is 9.17. The maximum absolute atomic E-state index is 12.7. The lowest BCUT2D eigenvalue weighted by Crippen LogP contribution is -2.51. The van der Waals surface area contributed by atoms with E-state index in [-0.39, 0.29) is 10.8 Å². The molecule has 8 nitrogen and oxygen atoms in total. The van der Waals surface area contributed by atoms with Crippen LogP contribution in [0.25, 0.3) is 0 Å². The number of aromatic nitrogens is 2. The maximum Gasteiger partial charge on any atom is 0.244 e. The molecule has 2 N–H and O–H groups in total. The van der Waals surface area contributed by atoms with Gasteiger partial charge < -0.3 is 10.2 Å². The van der Waals surface area contributed by atoms with Gasteiger partial charge in [0.05, 0.1) is 17.4 Å². The second-order valence-electron chi connectivity index (χ2n) is 7.72. The molecule has 2 aliphatic rings. The van der Waals surface area contributed by atoms with Crippen molar-refractivity contribution in [2.45, 2.75) is 51.0 Å². The molecular formula is C17H29N5O3S. The van der Waals surface area contributed by atoms with Crippen LogP contribution in [0.3, 0.4) is 0 Å². The topological polar surface area (TPSA) is 96.3 Å². The van der Waals surface area contributed by atoms with Gasteiger partial charge >= 0.3 is 0 Å². The number of hydrogen-bond donors (Lipinski definition) is 2. The van der Waals surface area contributed by atoms with E-state index in [4.69, 9.17) is 0 Å². The Labute approximate surface area is 155 Å². The van der Waals surface area contributed by atoms with Crippen LogP contribution in [-0.4, -0.2) is 61.2 Å². The fourth-order valence-electron chi connectivity index (χ4n) is 4.18. The Morgan fingerprint density at radius 1 is 1.27 bits per heavy atom. The van der Waals surface area contributed by atoms with Crippen molar-refractivity contribution in [1.82, 2.24) is 24.7 Å². The van der Waals surface area contributed by atoms with Gasteiger partial charge in [-0.15, -0.1) is 0 Å². The van der Waals surface area contributed by atoms with Crippen LogP contribution in [0, 0.1) is 19.3 Å². The molecular weight excluding hydrogens is 354 g/mol. The minimum absolute atomic E-state index is 0.159. The average molecular weight is 384 g/mol. The molecule has 0 bridgehead atoms. The third kappa shape index (κ3) is 3.52. The van der Waals surface area contributed by atoms with Crippen molar-refractivity contribution in [2.75, 3.05) is 26.2 Å². The van der Waals surface area contributed by atoms with Crippen LogP contribution in [0.2, 0.25) is 0 Å². The largest absolute Gasteiger partial charge is 0.341 e. The molecule has 26 heavy (non-hydrogen) atoms. The lowest BCUT2D eigenvalue weighted by molar-refractivity contribution is -0.134. The fourth-order valence-corrected chi connectivity index (χ4v) is 5.82. The molecule has 1 amide bonds. The Bertz CT molecular complexity index is 786. The van der Waals surface area contributed by atoms with Crippen molar-refractivity contribution in [3.05, 3.63) is 11.4 Å². The van der Waals surface area contributed by atoms with Crippen molar-refractivity contribution in [3.63, 3.8) is 0 Å². The molecule has 3 heterocycles. The van der Waals surface area contributed by atoms with Crippen LogP contribution in [0.1, 0.15) is 37.6 Å². The predicted octanol–water partition coefficient (Wildman–Crippen LogP) is 0.306. The normalized spacial score (nSPS) is 21.3. The number of rotatable bonds is 4. The highest BCUT2D eigenvalue weighted by Crippen LogP contribution is 2.37. The molecule has 0 aliphatic carbocycles. The Hall–Kier alpha value is -1.45. The molecule has 1 unspecified atom stereocenters.